The smallest absolute Gasteiger partial charge is 0.194 e. The molecule has 0 radical (unpaired) electrons. The highest BCUT2D eigenvalue weighted by atomic mass is 16.1. The molecule has 0 saturated carbocycles. The van der Waals surface area contributed by atoms with Crippen molar-refractivity contribution >= 4 is 11.6 Å². The van der Waals surface area contributed by atoms with Gasteiger partial charge in [-0.2, -0.15) is 0 Å². The second kappa shape index (κ2) is 5.16. The molecular formula is C14H8N3O2-. The van der Waals surface area contributed by atoms with Crippen LogP contribution in [0.1, 0.15) is 31.8 Å². The summed E-state index contributed by atoms with van der Waals surface area (Å²) in [5.74, 6) is -0.128. The molecule has 5 heteroatoms. The molecule has 19 heavy (non-hydrogen) atoms. The number of rotatable bonds is 0. The fourth-order valence-corrected chi connectivity index (χ4v) is 2.05. The van der Waals surface area contributed by atoms with Crippen molar-refractivity contribution in [1.29, 1.82) is 0 Å². The fraction of sp³-hybridized carbons (Fsp3) is 0. The van der Waals surface area contributed by atoms with Crippen molar-refractivity contribution in [1.82, 2.24) is 0 Å². The highest BCUT2D eigenvalue weighted by Crippen LogP contribution is 2.26. The molecule has 2 aromatic rings. The average Bonchev–Trinajstić information content (AvgIpc) is 2.46. The molecule has 0 saturated heterocycles. The van der Waals surface area contributed by atoms with E-state index in [1.807, 2.05) is 0 Å². The van der Waals surface area contributed by atoms with E-state index in [0.717, 1.165) is 0 Å². The van der Waals surface area contributed by atoms with Crippen LogP contribution in [-0.4, -0.2) is 11.6 Å². The van der Waals surface area contributed by atoms with E-state index in [-0.39, 0.29) is 11.6 Å². The normalized spacial score (nSPS) is 11.6. The summed E-state index contributed by atoms with van der Waals surface area (Å²) in [6.45, 7) is 0. The molecule has 1 aliphatic rings. The molecular weight excluding hydrogens is 242 g/mol. The van der Waals surface area contributed by atoms with Crippen molar-refractivity contribution in [3.8, 4) is 0 Å². The Kier molecular flexibility index (Phi) is 3.41. The van der Waals surface area contributed by atoms with Crippen LogP contribution in [0.3, 0.4) is 0 Å². The van der Waals surface area contributed by atoms with Gasteiger partial charge in [0.15, 0.2) is 11.6 Å². The van der Waals surface area contributed by atoms with Gasteiger partial charge >= 0.3 is 0 Å². The number of fused-ring (bicyclic) bond motifs is 2. The SMILES string of the molecule is O=C1c2ccccc2C(=O)c2ccccc21.[N-]=[N+]=[N-]. The Morgan fingerprint density at radius 3 is 1.05 bits per heavy atom. The number of benzene rings is 2. The third-order valence-electron chi connectivity index (χ3n) is 2.83. The van der Waals surface area contributed by atoms with Crippen LogP contribution in [0.15, 0.2) is 48.5 Å². The molecule has 0 aromatic heterocycles. The molecule has 5 nitrogen and oxygen atoms in total. The summed E-state index contributed by atoms with van der Waals surface area (Å²) in [6, 6.07) is 13.9. The van der Waals surface area contributed by atoms with Gasteiger partial charge in [-0.3, -0.25) is 14.5 Å². The minimum Gasteiger partial charge on any atom is -0.373 e. The molecule has 0 atom stereocenters. The Hall–Kier alpha value is -2.91. The van der Waals surface area contributed by atoms with Gasteiger partial charge in [-0.1, -0.05) is 48.5 Å². The van der Waals surface area contributed by atoms with Crippen molar-refractivity contribution in [2.24, 2.45) is 0 Å². The molecule has 92 valence electrons. The summed E-state index contributed by atoms with van der Waals surface area (Å²) >= 11 is 0. The van der Waals surface area contributed by atoms with Crippen LogP contribution >= 0.6 is 0 Å². The van der Waals surface area contributed by atoms with E-state index in [9.17, 15) is 9.59 Å². The summed E-state index contributed by atoms with van der Waals surface area (Å²) in [5, 5.41) is 0. The van der Waals surface area contributed by atoms with Gasteiger partial charge < -0.3 is 11.1 Å². The van der Waals surface area contributed by atoms with E-state index in [0.29, 0.717) is 22.3 Å². The minimum absolute atomic E-state index is 0.0641. The average molecular weight is 250 g/mol. The summed E-state index contributed by atoms with van der Waals surface area (Å²) in [5.41, 5.74) is 15.5. The molecule has 0 heterocycles. The van der Waals surface area contributed by atoms with E-state index in [2.05, 4.69) is 0 Å². The Morgan fingerprint density at radius 1 is 0.632 bits per heavy atom. The van der Waals surface area contributed by atoms with Gasteiger partial charge in [0.25, 0.3) is 0 Å². The van der Waals surface area contributed by atoms with E-state index in [1.54, 1.807) is 48.5 Å². The number of carbonyl (C=O) groups is 2. The van der Waals surface area contributed by atoms with Gasteiger partial charge in [-0.25, -0.2) is 0 Å². The monoisotopic (exact) mass is 250 g/mol. The Labute approximate surface area is 108 Å². The molecule has 0 fully saturated rings. The summed E-state index contributed by atoms with van der Waals surface area (Å²) in [7, 11) is 0. The third-order valence-corrected chi connectivity index (χ3v) is 2.83. The first kappa shape index (κ1) is 12.5. The maximum absolute atomic E-state index is 12.1. The van der Waals surface area contributed by atoms with Gasteiger partial charge in [-0.05, 0) is 0 Å². The number of carbonyl (C=O) groups excluding carboxylic acids is 2. The summed E-state index contributed by atoms with van der Waals surface area (Å²) in [6.07, 6.45) is 0. The number of hydrogen-bond donors (Lipinski definition) is 0. The lowest BCUT2D eigenvalue weighted by Gasteiger charge is -2.16. The van der Waals surface area contributed by atoms with E-state index in [1.165, 1.54) is 4.91 Å². The molecule has 0 amide bonds. The lowest BCUT2D eigenvalue weighted by Crippen LogP contribution is -2.20. The molecule has 0 bridgehead atoms. The Morgan fingerprint density at radius 2 is 0.842 bits per heavy atom. The van der Waals surface area contributed by atoms with Crippen LogP contribution < -0.4 is 0 Å². The zero-order chi connectivity index (χ0) is 13.8. The van der Waals surface area contributed by atoms with E-state index < -0.39 is 0 Å². The lowest BCUT2D eigenvalue weighted by molar-refractivity contribution is 0.0979. The predicted octanol–water partition coefficient (Wildman–Crippen LogP) is 3.33. The zero-order valence-corrected chi connectivity index (χ0v) is 9.78. The van der Waals surface area contributed by atoms with Crippen LogP contribution in [0.25, 0.3) is 16.0 Å². The molecule has 0 unspecified atom stereocenters. The second-order valence-electron chi connectivity index (χ2n) is 3.84. The topological polar surface area (TPSA) is 92.8 Å². The van der Waals surface area contributed by atoms with Crippen molar-refractivity contribution < 1.29 is 9.59 Å². The molecule has 2 aromatic carbocycles. The maximum atomic E-state index is 12.1. The predicted molar refractivity (Wildman–Crippen MR) is 69.8 cm³/mol. The van der Waals surface area contributed by atoms with Crippen molar-refractivity contribution in [3.05, 3.63) is 86.8 Å². The van der Waals surface area contributed by atoms with Crippen molar-refractivity contribution in [2.75, 3.05) is 0 Å². The van der Waals surface area contributed by atoms with Crippen LogP contribution in [0.4, 0.5) is 0 Å². The Bertz CT molecular complexity index is 596. The van der Waals surface area contributed by atoms with Crippen LogP contribution in [0, 0.1) is 0 Å². The third kappa shape index (κ3) is 2.10. The molecule has 0 N–H and O–H groups in total. The van der Waals surface area contributed by atoms with E-state index >= 15 is 0 Å². The Balaban J connectivity index is 0.000000408. The standard InChI is InChI=1S/C14H8O2.N3/c15-13-9-5-1-2-6-10(9)14(16)12-8-4-3-7-11(12)13;1-3-2/h1-8H;/q;-1. The lowest BCUT2D eigenvalue weighted by atomic mass is 9.84. The van der Waals surface area contributed by atoms with Gasteiger partial charge in [0, 0.05) is 22.3 Å². The maximum Gasteiger partial charge on any atom is 0.194 e. The highest BCUT2D eigenvalue weighted by Gasteiger charge is 2.28. The van der Waals surface area contributed by atoms with Gasteiger partial charge in [0.1, 0.15) is 0 Å². The minimum atomic E-state index is -0.0641. The number of ketones is 2. The highest BCUT2D eigenvalue weighted by molar-refractivity contribution is 6.28. The summed E-state index contributed by atoms with van der Waals surface area (Å²) in [4.78, 5) is 25.7. The number of hydrogen-bond acceptors (Lipinski definition) is 2. The fourth-order valence-electron chi connectivity index (χ4n) is 2.05. The van der Waals surface area contributed by atoms with Crippen LogP contribution in [0.2, 0.25) is 0 Å². The van der Waals surface area contributed by atoms with E-state index in [4.69, 9.17) is 11.1 Å². The quantitative estimate of drug-likeness (QED) is 0.347. The second-order valence-corrected chi connectivity index (χ2v) is 3.84. The first-order valence-corrected chi connectivity index (χ1v) is 5.46. The van der Waals surface area contributed by atoms with Crippen LogP contribution in [0.5, 0.6) is 0 Å². The molecule has 1 aliphatic carbocycles. The zero-order valence-electron chi connectivity index (χ0n) is 9.78. The number of nitrogens with zero attached hydrogens (tertiary/aromatic N) is 3. The van der Waals surface area contributed by atoms with Gasteiger partial charge in [-0.15, -0.1) is 0 Å². The van der Waals surface area contributed by atoms with Gasteiger partial charge in [0.2, 0.25) is 0 Å². The summed E-state index contributed by atoms with van der Waals surface area (Å²) < 4.78 is 0. The molecule has 0 spiro atoms. The molecule has 0 aliphatic heterocycles. The van der Waals surface area contributed by atoms with Crippen LogP contribution in [-0.2, 0) is 0 Å². The van der Waals surface area contributed by atoms with Gasteiger partial charge in [0.05, 0.1) is 0 Å². The van der Waals surface area contributed by atoms with Crippen molar-refractivity contribution in [3.63, 3.8) is 0 Å². The largest absolute Gasteiger partial charge is 0.373 e. The molecule has 3 rings (SSSR count). The first-order chi connectivity index (χ1) is 9.20. The van der Waals surface area contributed by atoms with Crippen molar-refractivity contribution in [2.45, 2.75) is 0 Å². The first-order valence-electron chi connectivity index (χ1n) is 5.46.